The van der Waals surface area contributed by atoms with Crippen LogP contribution in [0.4, 0.5) is 4.39 Å². The zero-order valence-corrected chi connectivity index (χ0v) is 11.5. The van der Waals surface area contributed by atoms with Crippen molar-refractivity contribution in [3.63, 3.8) is 0 Å². The van der Waals surface area contributed by atoms with Crippen LogP contribution >= 0.6 is 0 Å². The van der Waals surface area contributed by atoms with Crippen LogP contribution in [0.2, 0.25) is 0 Å². The van der Waals surface area contributed by atoms with E-state index in [0.29, 0.717) is 0 Å². The van der Waals surface area contributed by atoms with Gasteiger partial charge < -0.3 is 9.84 Å². The maximum absolute atomic E-state index is 13.3. The third kappa shape index (κ3) is 3.02. The van der Waals surface area contributed by atoms with Gasteiger partial charge in [0.05, 0.1) is 29.7 Å². The molecule has 2 rings (SSSR count). The minimum absolute atomic E-state index is 0.0420. The SMILES string of the molecule is N#CC1CN(S(=O)(=O)c2ccc(F)c(C(=O)O)c2)CCO1. The summed E-state index contributed by atoms with van der Waals surface area (Å²) in [4.78, 5) is 10.5. The van der Waals surface area contributed by atoms with Crippen molar-refractivity contribution in [1.29, 1.82) is 5.26 Å². The Hall–Kier alpha value is -2.02. The van der Waals surface area contributed by atoms with Crippen LogP contribution in [-0.2, 0) is 14.8 Å². The van der Waals surface area contributed by atoms with Crippen molar-refractivity contribution >= 4 is 16.0 Å². The van der Waals surface area contributed by atoms with Gasteiger partial charge in [0, 0.05) is 6.54 Å². The van der Waals surface area contributed by atoms with Crippen LogP contribution in [0.1, 0.15) is 10.4 Å². The summed E-state index contributed by atoms with van der Waals surface area (Å²) in [5.74, 6) is -2.57. The molecule has 1 aromatic rings. The number of halogens is 1. The van der Waals surface area contributed by atoms with E-state index in [1.165, 1.54) is 0 Å². The van der Waals surface area contributed by atoms with Crippen LogP contribution in [-0.4, -0.2) is 49.6 Å². The van der Waals surface area contributed by atoms with Gasteiger partial charge in [0.2, 0.25) is 10.0 Å². The first-order valence-electron chi connectivity index (χ1n) is 5.90. The van der Waals surface area contributed by atoms with E-state index in [0.717, 1.165) is 22.5 Å². The second-order valence-corrected chi connectivity index (χ2v) is 6.24. The van der Waals surface area contributed by atoms with E-state index in [9.17, 15) is 17.6 Å². The first-order valence-corrected chi connectivity index (χ1v) is 7.34. The van der Waals surface area contributed by atoms with Gasteiger partial charge in [-0.25, -0.2) is 17.6 Å². The molecule has 0 saturated carbocycles. The Morgan fingerprint density at radius 3 is 2.86 bits per heavy atom. The number of carboxylic acids is 1. The van der Waals surface area contributed by atoms with Crippen LogP contribution in [0.5, 0.6) is 0 Å². The smallest absolute Gasteiger partial charge is 0.338 e. The summed E-state index contributed by atoms with van der Waals surface area (Å²) in [5, 5.41) is 17.6. The molecule has 112 valence electrons. The van der Waals surface area contributed by atoms with Crippen molar-refractivity contribution < 1.29 is 27.4 Å². The number of morpholine rings is 1. The van der Waals surface area contributed by atoms with Crippen molar-refractivity contribution in [2.24, 2.45) is 0 Å². The van der Waals surface area contributed by atoms with E-state index in [-0.39, 0.29) is 24.6 Å². The van der Waals surface area contributed by atoms with Crippen LogP contribution in [0.15, 0.2) is 23.1 Å². The highest BCUT2D eigenvalue weighted by atomic mass is 32.2. The van der Waals surface area contributed by atoms with Crippen molar-refractivity contribution in [1.82, 2.24) is 4.31 Å². The van der Waals surface area contributed by atoms with Gasteiger partial charge in [0.25, 0.3) is 0 Å². The largest absolute Gasteiger partial charge is 0.478 e. The lowest BCUT2D eigenvalue weighted by Gasteiger charge is -2.28. The third-order valence-electron chi connectivity index (χ3n) is 2.98. The first kappa shape index (κ1) is 15.4. The molecule has 1 saturated heterocycles. The topological polar surface area (TPSA) is 108 Å². The maximum atomic E-state index is 13.3. The molecule has 1 atom stereocenters. The summed E-state index contributed by atoms with van der Waals surface area (Å²) in [6.45, 7) is -0.0522. The van der Waals surface area contributed by atoms with Gasteiger partial charge in [0.15, 0.2) is 6.10 Å². The van der Waals surface area contributed by atoms with Gasteiger partial charge in [-0.1, -0.05) is 0 Å². The summed E-state index contributed by atoms with van der Waals surface area (Å²) < 4.78 is 44.1. The van der Waals surface area contributed by atoms with Crippen LogP contribution < -0.4 is 0 Å². The molecule has 0 bridgehead atoms. The van der Waals surface area contributed by atoms with Crippen molar-refractivity contribution in [3.05, 3.63) is 29.6 Å². The Labute approximate surface area is 120 Å². The molecular formula is C12H11FN2O5S. The summed E-state index contributed by atoms with van der Waals surface area (Å²) >= 11 is 0. The van der Waals surface area contributed by atoms with Crippen molar-refractivity contribution in [2.45, 2.75) is 11.0 Å². The Balaban J connectivity index is 2.38. The van der Waals surface area contributed by atoms with Gasteiger partial charge in [0.1, 0.15) is 5.82 Å². The van der Waals surface area contributed by atoms with Crippen molar-refractivity contribution in [2.75, 3.05) is 19.7 Å². The van der Waals surface area contributed by atoms with Gasteiger partial charge in [-0.2, -0.15) is 9.57 Å². The van der Waals surface area contributed by atoms with E-state index in [4.69, 9.17) is 15.1 Å². The molecule has 1 heterocycles. The van der Waals surface area contributed by atoms with E-state index < -0.39 is 33.5 Å². The van der Waals surface area contributed by atoms with Gasteiger partial charge in [-0.05, 0) is 18.2 Å². The minimum atomic E-state index is -4.01. The maximum Gasteiger partial charge on any atom is 0.338 e. The molecule has 0 spiro atoms. The number of sulfonamides is 1. The van der Waals surface area contributed by atoms with E-state index >= 15 is 0 Å². The number of rotatable bonds is 3. The highest BCUT2D eigenvalue weighted by Gasteiger charge is 2.31. The van der Waals surface area contributed by atoms with Crippen molar-refractivity contribution in [3.8, 4) is 6.07 Å². The lowest BCUT2D eigenvalue weighted by molar-refractivity contribution is 0.0311. The molecular weight excluding hydrogens is 303 g/mol. The number of aromatic carboxylic acids is 1. The quantitative estimate of drug-likeness (QED) is 0.867. The Kier molecular flexibility index (Phi) is 4.22. The normalized spacial score (nSPS) is 19.9. The van der Waals surface area contributed by atoms with E-state index in [1.807, 2.05) is 6.07 Å². The standard InChI is InChI=1S/C12H11FN2O5S/c13-11-2-1-9(5-10(11)12(16)17)21(18,19)15-3-4-20-8(6-14)7-15/h1-2,5,8H,3-4,7H2,(H,16,17). The molecule has 0 amide bonds. The molecule has 1 aliphatic rings. The number of carboxylic acid groups (broad SMARTS) is 1. The molecule has 1 aromatic carbocycles. The number of ether oxygens (including phenoxy) is 1. The summed E-state index contributed by atoms with van der Waals surface area (Å²) in [5.41, 5.74) is -0.721. The Bertz CT molecular complexity index is 713. The van der Waals surface area contributed by atoms with Gasteiger partial charge in [-0.3, -0.25) is 0 Å². The average Bonchev–Trinajstić information content (AvgIpc) is 2.47. The lowest BCUT2D eigenvalue weighted by Crippen LogP contribution is -2.45. The average molecular weight is 314 g/mol. The van der Waals surface area contributed by atoms with Gasteiger partial charge in [-0.15, -0.1) is 0 Å². The molecule has 1 fully saturated rings. The second kappa shape index (κ2) is 5.77. The number of hydrogen-bond donors (Lipinski definition) is 1. The fourth-order valence-electron chi connectivity index (χ4n) is 1.90. The predicted molar refractivity (Wildman–Crippen MR) is 67.5 cm³/mol. The van der Waals surface area contributed by atoms with Crippen LogP contribution in [0.3, 0.4) is 0 Å². The number of carbonyl (C=O) groups is 1. The zero-order chi connectivity index (χ0) is 15.6. The van der Waals surface area contributed by atoms with Crippen LogP contribution in [0.25, 0.3) is 0 Å². The molecule has 0 radical (unpaired) electrons. The molecule has 0 aromatic heterocycles. The molecule has 21 heavy (non-hydrogen) atoms. The number of hydrogen-bond acceptors (Lipinski definition) is 5. The first-order chi connectivity index (χ1) is 9.86. The summed E-state index contributed by atoms with van der Waals surface area (Å²) in [7, 11) is -4.01. The number of nitrogens with zero attached hydrogens (tertiary/aromatic N) is 2. The number of nitriles is 1. The Morgan fingerprint density at radius 1 is 1.52 bits per heavy atom. The van der Waals surface area contributed by atoms with E-state index in [1.54, 1.807) is 0 Å². The minimum Gasteiger partial charge on any atom is -0.478 e. The van der Waals surface area contributed by atoms with E-state index in [2.05, 4.69) is 0 Å². The van der Waals surface area contributed by atoms with Gasteiger partial charge >= 0.3 is 5.97 Å². The summed E-state index contributed by atoms with van der Waals surface area (Å²) in [6, 6.07) is 4.37. The third-order valence-corrected chi connectivity index (χ3v) is 4.84. The highest BCUT2D eigenvalue weighted by molar-refractivity contribution is 7.89. The predicted octanol–water partition coefficient (Wildman–Crippen LogP) is 0.437. The molecule has 9 heteroatoms. The molecule has 1 unspecified atom stereocenters. The Morgan fingerprint density at radius 2 is 2.24 bits per heavy atom. The molecule has 1 aliphatic heterocycles. The second-order valence-electron chi connectivity index (χ2n) is 4.30. The highest BCUT2D eigenvalue weighted by Crippen LogP contribution is 2.21. The monoisotopic (exact) mass is 314 g/mol. The molecule has 0 aliphatic carbocycles. The number of benzene rings is 1. The lowest BCUT2D eigenvalue weighted by atomic mass is 10.2. The van der Waals surface area contributed by atoms with Crippen LogP contribution in [0, 0.1) is 17.1 Å². The fourth-order valence-corrected chi connectivity index (χ4v) is 3.35. The molecule has 1 N–H and O–H groups in total. The zero-order valence-electron chi connectivity index (χ0n) is 10.7. The fraction of sp³-hybridized carbons (Fsp3) is 0.333. The summed E-state index contributed by atoms with van der Waals surface area (Å²) in [6.07, 6.45) is -0.882. The molecule has 7 nitrogen and oxygen atoms in total.